The molecule has 0 saturated heterocycles. The van der Waals surface area contributed by atoms with Crippen molar-refractivity contribution in [3.63, 3.8) is 0 Å². The Balaban J connectivity index is 2.14. The van der Waals surface area contributed by atoms with E-state index in [1.807, 2.05) is 37.3 Å². The first-order valence-electron chi connectivity index (χ1n) is 9.21. The highest BCUT2D eigenvalue weighted by Crippen LogP contribution is 2.27. The first-order valence-corrected chi connectivity index (χ1v) is 9.21. The van der Waals surface area contributed by atoms with Gasteiger partial charge in [-0.3, -0.25) is 9.59 Å². The van der Waals surface area contributed by atoms with Crippen LogP contribution in [0.5, 0.6) is 0 Å². The van der Waals surface area contributed by atoms with Gasteiger partial charge in [0.1, 0.15) is 0 Å². The van der Waals surface area contributed by atoms with Crippen LogP contribution in [0.1, 0.15) is 43.9 Å². The monoisotopic (exact) mass is 352 g/mol. The molecule has 0 aliphatic heterocycles. The minimum absolute atomic E-state index is 0.0380. The Morgan fingerprint density at radius 2 is 1.62 bits per heavy atom. The minimum Gasteiger partial charge on any atom is -0.326 e. The third-order valence-corrected chi connectivity index (χ3v) is 4.48. The van der Waals surface area contributed by atoms with Crippen molar-refractivity contribution in [1.29, 1.82) is 0 Å². The lowest BCUT2D eigenvalue weighted by atomic mass is 10.0. The molecule has 26 heavy (non-hydrogen) atoms. The summed E-state index contributed by atoms with van der Waals surface area (Å²) in [6.45, 7) is 8.09. The molecule has 0 fully saturated rings. The number of amides is 2. The predicted molar refractivity (Wildman–Crippen MR) is 108 cm³/mol. The topological polar surface area (TPSA) is 49.4 Å². The van der Waals surface area contributed by atoms with Crippen molar-refractivity contribution in [3.8, 4) is 0 Å². The maximum absolute atomic E-state index is 12.3. The van der Waals surface area contributed by atoms with Crippen LogP contribution in [-0.4, -0.2) is 18.4 Å². The van der Waals surface area contributed by atoms with Gasteiger partial charge in [-0.2, -0.15) is 0 Å². The number of benzene rings is 2. The molecule has 4 heteroatoms. The van der Waals surface area contributed by atoms with E-state index in [9.17, 15) is 9.59 Å². The summed E-state index contributed by atoms with van der Waals surface area (Å²) in [4.78, 5) is 26.4. The Morgan fingerprint density at radius 3 is 2.15 bits per heavy atom. The summed E-state index contributed by atoms with van der Waals surface area (Å²) in [5.41, 5.74) is 5.12. The van der Waals surface area contributed by atoms with Gasteiger partial charge in [-0.05, 0) is 48.6 Å². The highest BCUT2D eigenvalue weighted by Gasteiger charge is 2.19. The number of nitrogens with one attached hydrogen (secondary N) is 1. The molecule has 2 aromatic carbocycles. The molecule has 0 radical (unpaired) electrons. The molecule has 0 aromatic heterocycles. The normalized spacial score (nSPS) is 10.5. The summed E-state index contributed by atoms with van der Waals surface area (Å²) >= 11 is 0. The van der Waals surface area contributed by atoms with E-state index in [4.69, 9.17) is 0 Å². The molecule has 0 aliphatic rings. The van der Waals surface area contributed by atoms with E-state index in [0.29, 0.717) is 6.54 Å². The van der Waals surface area contributed by atoms with Gasteiger partial charge in [0.05, 0.1) is 0 Å². The van der Waals surface area contributed by atoms with Crippen LogP contribution in [0.25, 0.3) is 0 Å². The Kier molecular flexibility index (Phi) is 6.96. The summed E-state index contributed by atoms with van der Waals surface area (Å²) in [6, 6.07) is 13.8. The second kappa shape index (κ2) is 9.18. The molecule has 1 N–H and O–H groups in total. The summed E-state index contributed by atoms with van der Waals surface area (Å²) in [6.07, 6.45) is 1.96. The fourth-order valence-electron chi connectivity index (χ4n) is 3.15. The number of anilines is 2. The summed E-state index contributed by atoms with van der Waals surface area (Å²) in [5.74, 6) is -0.127. The van der Waals surface area contributed by atoms with Gasteiger partial charge in [0, 0.05) is 31.3 Å². The Bertz CT molecular complexity index is 761. The van der Waals surface area contributed by atoms with Gasteiger partial charge in [0.15, 0.2) is 0 Å². The number of carbonyl (C=O) groups excluding carboxylic acids is 2. The van der Waals surface area contributed by atoms with E-state index in [0.717, 1.165) is 40.9 Å². The molecule has 0 saturated carbocycles. The average molecular weight is 352 g/mol. The van der Waals surface area contributed by atoms with E-state index in [1.54, 1.807) is 11.8 Å². The maximum atomic E-state index is 12.3. The van der Waals surface area contributed by atoms with Gasteiger partial charge in [-0.25, -0.2) is 0 Å². The molecule has 0 spiro atoms. The number of aryl methyl sites for hydroxylation is 3. The van der Waals surface area contributed by atoms with E-state index in [2.05, 4.69) is 31.3 Å². The molecule has 2 amide bonds. The van der Waals surface area contributed by atoms with Crippen LogP contribution in [0.4, 0.5) is 11.4 Å². The van der Waals surface area contributed by atoms with E-state index < -0.39 is 0 Å². The zero-order chi connectivity index (χ0) is 19.1. The molecule has 2 aromatic rings. The fraction of sp³-hybridized carbons (Fsp3) is 0.364. The fourth-order valence-corrected chi connectivity index (χ4v) is 3.15. The van der Waals surface area contributed by atoms with Crippen molar-refractivity contribution in [1.82, 2.24) is 0 Å². The standard InChI is InChI=1S/C22H28N2O2/c1-5-18-10-8-11-19(6-2)22(18)24(17(4)25)14-13-21(26)23-20-12-7-9-16(3)15-20/h7-12,15H,5-6,13-14H2,1-4H3,(H,23,26). The Morgan fingerprint density at radius 1 is 1.00 bits per heavy atom. The molecule has 0 atom stereocenters. The third kappa shape index (κ3) is 4.94. The molecule has 0 bridgehead atoms. The van der Waals surface area contributed by atoms with Crippen molar-refractivity contribution in [2.24, 2.45) is 0 Å². The van der Waals surface area contributed by atoms with Crippen LogP contribution in [0, 0.1) is 6.92 Å². The van der Waals surface area contributed by atoms with Crippen LogP contribution < -0.4 is 10.2 Å². The van der Waals surface area contributed by atoms with Crippen LogP contribution in [0.15, 0.2) is 42.5 Å². The quantitative estimate of drug-likeness (QED) is 0.797. The predicted octanol–water partition coefficient (Wildman–Crippen LogP) is 4.50. The van der Waals surface area contributed by atoms with Gasteiger partial charge in [0.25, 0.3) is 0 Å². The highest BCUT2D eigenvalue weighted by atomic mass is 16.2. The van der Waals surface area contributed by atoms with Crippen LogP contribution >= 0.6 is 0 Å². The zero-order valence-electron chi connectivity index (χ0n) is 16.1. The van der Waals surface area contributed by atoms with E-state index in [-0.39, 0.29) is 18.2 Å². The first kappa shape index (κ1) is 19.7. The second-order valence-corrected chi connectivity index (χ2v) is 6.47. The lowest BCUT2D eigenvalue weighted by Gasteiger charge is -2.26. The van der Waals surface area contributed by atoms with E-state index in [1.165, 1.54) is 0 Å². The van der Waals surface area contributed by atoms with Gasteiger partial charge >= 0.3 is 0 Å². The zero-order valence-corrected chi connectivity index (χ0v) is 16.1. The molecule has 2 rings (SSSR count). The van der Waals surface area contributed by atoms with Gasteiger partial charge in [-0.1, -0.05) is 44.2 Å². The van der Waals surface area contributed by atoms with Crippen LogP contribution in [0.2, 0.25) is 0 Å². The number of para-hydroxylation sites is 1. The second-order valence-electron chi connectivity index (χ2n) is 6.47. The number of hydrogen-bond donors (Lipinski definition) is 1. The molecule has 0 heterocycles. The van der Waals surface area contributed by atoms with Gasteiger partial charge < -0.3 is 10.2 Å². The molecule has 0 aliphatic carbocycles. The number of nitrogens with zero attached hydrogens (tertiary/aromatic N) is 1. The maximum Gasteiger partial charge on any atom is 0.226 e. The SMILES string of the molecule is CCc1cccc(CC)c1N(CCC(=O)Nc1cccc(C)c1)C(C)=O. The number of rotatable bonds is 7. The molecular formula is C22H28N2O2. The third-order valence-electron chi connectivity index (χ3n) is 4.48. The van der Waals surface area contributed by atoms with Crippen LogP contribution in [0.3, 0.4) is 0 Å². The summed E-state index contributed by atoms with van der Waals surface area (Å²) < 4.78 is 0. The van der Waals surface area contributed by atoms with Crippen LogP contribution in [-0.2, 0) is 22.4 Å². The highest BCUT2D eigenvalue weighted by molar-refractivity contribution is 5.96. The number of hydrogen-bond acceptors (Lipinski definition) is 2. The average Bonchev–Trinajstić information content (AvgIpc) is 2.61. The van der Waals surface area contributed by atoms with Crippen molar-refractivity contribution >= 4 is 23.2 Å². The van der Waals surface area contributed by atoms with Gasteiger partial charge in [0.2, 0.25) is 11.8 Å². The summed E-state index contributed by atoms with van der Waals surface area (Å²) in [7, 11) is 0. The Hall–Kier alpha value is -2.62. The molecule has 4 nitrogen and oxygen atoms in total. The van der Waals surface area contributed by atoms with Crippen molar-refractivity contribution < 1.29 is 9.59 Å². The lowest BCUT2D eigenvalue weighted by molar-refractivity contribution is -0.117. The molecule has 0 unspecified atom stereocenters. The Labute approximate surface area is 156 Å². The smallest absolute Gasteiger partial charge is 0.226 e. The largest absolute Gasteiger partial charge is 0.326 e. The van der Waals surface area contributed by atoms with Crippen molar-refractivity contribution in [2.75, 3.05) is 16.8 Å². The molecule has 138 valence electrons. The minimum atomic E-state index is -0.0890. The number of carbonyl (C=O) groups is 2. The molecular weight excluding hydrogens is 324 g/mol. The first-order chi connectivity index (χ1) is 12.5. The van der Waals surface area contributed by atoms with Crippen molar-refractivity contribution in [2.45, 2.75) is 47.0 Å². The van der Waals surface area contributed by atoms with E-state index >= 15 is 0 Å². The van der Waals surface area contributed by atoms with Crippen molar-refractivity contribution in [3.05, 3.63) is 59.2 Å². The lowest BCUT2D eigenvalue weighted by Crippen LogP contribution is -2.33. The summed E-state index contributed by atoms with van der Waals surface area (Å²) in [5, 5.41) is 2.91. The van der Waals surface area contributed by atoms with Gasteiger partial charge in [-0.15, -0.1) is 0 Å².